The van der Waals surface area contributed by atoms with E-state index in [-0.39, 0.29) is 17.4 Å². The topological polar surface area (TPSA) is 80.5 Å². The number of amides is 1. The Balaban J connectivity index is 1.97. The van der Waals surface area contributed by atoms with Crippen LogP contribution in [0.2, 0.25) is 0 Å². The monoisotopic (exact) mass is 297 g/mol. The van der Waals surface area contributed by atoms with Crippen molar-refractivity contribution in [1.82, 2.24) is 20.0 Å². The van der Waals surface area contributed by atoms with Gasteiger partial charge in [-0.05, 0) is 26.0 Å². The third-order valence-electron chi connectivity index (χ3n) is 3.68. The van der Waals surface area contributed by atoms with E-state index < -0.39 is 5.92 Å². The van der Waals surface area contributed by atoms with Gasteiger partial charge in [0.2, 0.25) is 5.78 Å². The summed E-state index contributed by atoms with van der Waals surface area (Å²) in [5.41, 5.74) is 2.09. The molecule has 2 heterocycles. The number of hydrogen-bond acceptors (Lipinski definition) is 5. The van der Waals surface area contributed by atoms with E-state index in [2.05, 4.69) is 15.4 Å². The van der Waals surface area contributed by atoms with E-state index in [0.717, 1.165) is 5.69 Å². The lowest BCUT2D eigenvalue weighted by Crippen LogP contribution is -2.31. The van der Waals surface area contributed by atoms with Crippen LogP contribution in [0.3, 0.4) is 0 Å². The van der Waals surface area contributed by atoms with Gasteiger partial charge in [0.1, 0.15) is 5.92 Å². The van der Waals surface area contributed by atoms with Crippen LogP contribution in [-0.4, -0.2) is 44.5 Å². The van der Waals surface area contributed by atoms with E-state index in [0.29, 0.717) is 11.4 Å². The van der Waals surface area contributed by atoms with Gasteiger partial charge in [0.05, 0.1) is 17.1 Å². The standard InChI is InChI=1S/C15H15N5O2/c1-9-12(15(22)19(3)17-9)14(21)13-10(2)20(18-16-13)11-7-5-4-6-8-11/h4-8,12H,1-3H3. The fourth-order valence-corrected chi connectivity index (χ4v) is 2.52. The molecule has 0 saturated carbocycles. The molecular formula is C15H15N5O2. The molecule has 1 unspecified atom stereocenters. The molecule has 1 aromatic heterocycles. The maximum atomic E-state index is 12.6. The summed E-state index contributed by atoms with van der Waals surface area (Å²) < 4.78 is 1.59. The number of para-hydroxylation sites is 1. The van der Waals surface area contributed by atoms with Gasteiger partial charge in [0.15, 0.2) is 5.69 Å². The molecule has 1 aliphatic rings. The Bertz CT molecular complexity index is 778. The number of Topliss-reactive ketones (excluding diaryl/α,β-unsaturated/α-hetero) is 1. The van der Waals surface area contributed by atoms with E-state index in [1.165, 1.54) is 12.1 Å². The smallest absolute Gasteiger partial charge is 0.259 e. The van der Waals surface area contributed by atoms with Gasteiger partial charge in [0.25, 0.3) is 5.91 Å². The molecule has 1 amide bonds. The Morgan fingerprint density at radius 1 is 1.18 bits per heavy atom. The molecule has 0 aliphatic carbocycles. The summed E-state index contributed by atoms with van der Waals surface area (Å²) in [4.78, 5) is 24.7. The molecule has 7 nitrogen and oxygen atoms in total. The van der Waals surface area contributed by atoms with Gasteiger partial charge in [-0.25, -0.2) is 9.69 Å². The predicted octanol–water partition coefficient (Wildman–Crippen LogP) is 1.22. The van der Waals surface area contributed by atoms with Crippen molar-refractivity contribution in [2.45, 2.75) is 13.8 Å². The number of hydrazone groups is 1. The molecule has 2 aromatic rings. The Morgan fingerprint density at radius 2 is 1.86 bits per heavy atom. The highest BCUT2D eigenvalue weighted by molar-refractivity contribution is 6.26. The number of benzene rings is 1. The van der Waals surface area contributed by atoms with E-state index >= 15 is 0 Å². The van der Waals surface area contributed by atoms with Gasteiger partial charge in [-0.2, -0.15) is 5.10 Å². The lowest BCUT2D eigenvalue weighted by molar-refractivity contribution is -0.129. The molecule has 0 fully saturated rings. The fraction of sp³-hybridized carbons (Fsp3) is 0.267. The van der Waals surface area contributed by atoms with E-state index in [9.17, 15) is 9.59 Å². The average molecular weight is 297 g/mol. The lowest BCUT2D eigenvalue weighted by Gasteiger charge is -2.08. The molecule has 0 saturated heterocycles. The van der Waals surface area contributed by atoms with Crippen molar-refractivity contribution >= 4 is 17.4 Å². The Hall–Kier alpha value is -2.83. The molecule has 0 radical (unpaired) electrons. The zero-order valence-corrected chi connectivity index (χ0v) is 12.5. The van der Waals surface area contributed by atoms with Crippen molar-refractivity contribution in [2.75, 3.05) is 7.05 Å². The third kappa shape index (κ3) is 2.11. The first-order valence-electron chi connectivity index (χ1n) is 6.85. The number of carbonyl (C=O) groups is 2. The summed E-state index contributed by atoms with van der Waals surface area (Å²) in [6.07, 6.45) is 0. The van der Waals surface area contributed by atoms with Gasteiger partial charge < -0.3 is 0 Å². The highest BCUT2D eigenvalue weighted by Gasteiger charge is 2.39. The Kier molecular flexibility index (Phi) is 3.32. The van der Waals surface area contributed by atoms with Crippen LogP contribution in [0.25, 0.3) is 5.69 Å². The highest BCUT2D eigenvalue weighted by atomic mass is 16.2. The first kappa shape index (κ1) is 14.1. The second-order valence-electron chi connectivity index (χ2n) is 5.17. The Labute approximate surface area is 127 Å². The molecule has 112 valence electrons. The number of rotatable bonds is 3. The summed E-state index contributed by atoms with van der Waals surface area (Å²) in [6.45, 7) is 3.43. The normalized spacial score (nSPS) is 17.8. The molecular weight excluding hydrogens is 282 g/mol. The minimum absolute atomic E-state index is 0.201. The largest absolute Gasteiger partial charge is 0.291 e. The van der Waals surface area contributed by atoms with Gasteiger partial charge in [-0.15, -0.1) is 5.10 Å². The maximum absolute atomic E-state index is 12.6. The van der Waals surface area contributed by atoms with Crippen LogP contribution in [0.5, 0.6) is 0 Å². The molecule has 7 heteroatoms. The summed E-state index contributed by atoms with van der Waals surface area (Å²) in [5.74, 6) is -1.60. The molecule has 0 spiro atoms. The van der Waals surface area contributed by atoms with Crippen LogP contribution in [0.1, 0.15) is 23.1 Å². The zero-order chi connectivity index (χ0) is 15.9. The molecule has 0 N–H and O–H groups in total. The van der Waals surface area contributed by atoms with E-state index in [1.807, 2.05) is 30.3 Å². The van der Waals surface area contributed by atoms with Crippen molar-refractivity contribution in [1.29, 1.82) is 0 Å². The van der Waals surface area contributed by atoms with E-state index in [1.54, 1.807) is 18.5 Å². The summed E-state index contributed by atoms with van der Waals surface area (Å²) in [5, 5.41) is 13.2. The number of nitrogens with zero attached hydrogens (tertiary/aromatic N) is 5. The van der Waals surface area contributed by atoms with Crippen LogP contribution < -0.4 is 0 Å². The van der Waals surface area contributed by atoms with Gasteiger partial charge in [0, 0.05) is 7.05 Å². The van der Waals surface area contributed by atoms with Gasteiger partial charge in [-0.1, -0.05) is 23.4 Å². The molecule has 0 bridgehead atoms. The first-order chi connectivity index (χ1) is 10.5. The molecule has 3 rings (SSSR count). The molecule has 1 aromatic carbocycles. The minimum atomic E-state index is -0.898. The maximum Gasteiger partial charge on any atom is 0.259 e. The zero-order valence-electron chi connectivity index (χ0n) is 12.5. The number of ketones is 1. The average Bonchev–Trinajstić information content (AvgIpc) is 3.00. The van der Waals surface area contributed by atoms with Crippen molar-refractivity contribution in [2.24, 2.45) is 11.0 Å². The molecule has 1 atom stereocenters. The van der Waals surface area contributed by atoms with Crippen LogP contribution in [0, 0.1) is 12.8 Å². The highest BCUT2D eigenvalue weighted by Crippen LogP contribution is 2.21. The molecule has 22 heavy (non-hydrogen) atoms. The third-order valence-corrected chi connectivity index (χ3v) is 3.68. The SMILES string of the molecule is CC1=NN(C)C(=O)C1C(=O)c1nnn(-c2ccccc2)c1C. The number of aromatic nitrogens is 3. The minimum Gasteiger partial charge on any atom is -0.291 e. The summed E-state index contributed by atoms with van der Waals surface area (Å²) in [6, 6.07) is 9.40. The number of hydrogen-bond donors (Lipinski definition) is 0. The predicted molar refractivity (Wildman–Crippen MR) is 79.8 cm³/mol. The number of carbonyl (C=O) groups excluding carboxylic acids is 2. The van der Waals surface area contributed by atoms with Crippen LogP contribution >= 0.6 is 0 Å². The van der Waals surface area contributed by atoms with Crippen molar-refractivity contribution in [3.8, 4) is 5.69 Å². The second kappa shape index (κ2) is 5.18. The molecule has 1 aliphatic heterocycles. The van der Waals surface area contributed by atoms with Gasteiger partial charge >= 0.3 is 0 Å². The summed E-state index contributed by atoms with van der Waals surface area (Å²) in [7, 11) is 1.53. The van der Waals surface area contributed by atoms with Crippen LogP contribution in [0.15, 0.2) is 35.4 Å². The Morgan fingerprint density at radius 3 is 2.45 bits per heavy atom. The quantitative estimate of drug-likeness (QED) is 0.630. The van der Waals surface area contributed by atoms with Crippen LogP contribution in [-0.2, 0) is 4.79 Å². The van der Waals surface area contributed by atoms with E-state index in [4.69, 9.17) is 0 Å². The van der Waals surface area contributed by atoms with Gasteiger partial charge in [-0.3, -0.25) is 9.59 Å². The fourth-order valence-electron chi connectivity index (χ4n) is 2.52. The van der Waals surface area contributed by atoms with Crippen molar-refractivity contribution < 1.29 is 9.59 Å². The first-order valence-corrected chi connectivity index (χ1v) is 6.85. The van der Waals surface area contributed by atoms with Crippen LogP contribution in [0.4, 0.5) is 0 Å². The summed E-state index contributed by atoms with van der Waals surface area (Å²) >= 11 is 0. The lowest BCUT2D eigenvalue weighted by atomic mass is 9.96. The van der Waals surface area contributed by atoms with Crippen molar-refractivity contribution in [3.63, 3.8) is 0 Å². The second-order valence-corrected chi connectivity index (χ2v) is 5.17. The van der Waals surface area contributed by atoms with Crippen molar-refractivity contribution in [3.05, 3.63) is 41.7 Å².